The summed E-state index contributed by atoms with van der Waals surface area (Å²) in [6.45, 7) is 0.354. The van der Waals surface area contributed by atoms with Gasteiger partial charge in [0.1, 0.15) is 6.04 Å². The van der Waals surface area contributed by atoms with Gasteiger partial charge in [-0.2, -0.15) is 0 Å². The van der Waals surface area contributed by atoms with Crippen LogP contribution in [0.5, 0.6) is 0 Å². The molecule has 0 spiro atoms. The summed E-state index contributed by atoms with van der Waals surface area (Å²) in [6.07, 6.45) is 6.59. The highest BCUT2D eigenvalue weighted by Crippen LogP contribution is 2.20. The SMILES string of the molecule is O=C(/C=C/c1cccc2ccccc12)NC(C(=O)NCc1ccncc1)c1ccccc1. The predicted octanol–water partition coefficient (Wildman–Crippen LogP) is 4.42. The van der Waals surface area contributed by atoms with E-state index < -0.39 is 6.04 Å². The molecule has 4 aromatic rings. The molecule has 1 atom stereocenters. The second-order valence-electron chi connectivity index (χ2n) is 7.33. The van der Waals surface area contributed by atoms with Gasteiger partial charge in [0.05, 0.1) is 0 Å². The number of carbonyl (C=O) groups excluding carboxylic acids is 2. The van der Waals surface area contributed by atoms with Gasteiger partial charge in [-0.3, -0.25) is 14.6 Å². The van der Waals surface area contributed by atoms with Crippen molar-refractivity contribution in [3.63, 3.8) is 0 Å². The smallest absolute Gasteiger partial charge is 0.247 e. The zero-order chi connectivity index (χ0) is 22.2. The number of nitrogens with one attached hydrogen (secondary N) is 2. The molecule has 0 aliphatic heterocycles. The molecule has 0 aliphatic rings. The van der Waals surface area contributed by atoms with Crippen molar-refractivity contribution in [1.29, 1.82) is 0 Å². The number of pyridine rings is 1. The lowest BCUT2D eigenvalue weighted by molar-refractivity contribution is -0.127. The van der Waals surface area contributed by atoms with E-state index in [9.17, 15) is 9.59 Å². The molecule has 0 radical (unpaired) electrons. The van der Waals surface area contributed by atoms with Crippen LogP contribution in [-0.4, -0.2) is 16.8 Å². The number of nitrogens with zero attached hydrogens (tertiary/aromatic N) is 1. The summed E-state index contributed by atoms with van der Waals surface area (Å²) in [5.41, 5.74) is 2.59. The first kappa shape index (κ1) is 21.0. The Morgan fingerprint density at radius 1 is 0.844 bits per heavy atom. The number of rotatable bonds is 7. The number of aromatic nitrogens is 1. The predicted molar refractivity (Wildman–Crippen MR) is 126 cm³/mol. The first-order chi connectivity index (χ1) is 15.7. The lowest BCUT2D eigenvalue weighted by atomic mass is 10.0. The summed E-state index contributed by atoms with van der Waals surface area (Å²) in [6, 6.07) is 26.0. The zero-order valence-corrected chi connectivity index (χ0v) is 17.4. The number of fused-ring (bicyclic) bond motifs is 1. The minimum absolute atomic E-state index is 0.278. The second-order valence-corrected chi connectivity index (χ2v) is 7.33. The fourth-order valence-corrected chi connectivity index (χ4v) is 3.49. The molecule has 5 nitrogen and oxygen atoms in total. The lowest BCUT2D eigenvalue weighted by Gasteiger charge is -2.18. The second kappa shape index (κ2) is 10.2. The van der Waals surface area contributed by atoms with Gasteiger partial charge in [0.25, 0.3) is 0 Å². The third-order valence-corrected chi connectivity index (χ3v) is 5.14. The highest BCUT2D eigenvalue weighted by atomic mass is 16.2. The van der Waals surface area contributed by atoms with Gasteiger partial charge in [-0.15, -0.1) is 0 Å². The molecule has 0 bridgehead atoms. The van der Waals surface area contributed by atoms with Gasteiger partial charge in [0, 0.05) is 25.0 Å². The van der Waals surface area contributed by atoms with E-state index in [2.05, 4.69) is 15.6 Å². The van der Waals surface area contributed by atoms with Gasteiger partial charge >= 0.3 is 0 Å². The van der Waals surface area contributed by atoms with Crippen LogP contribution >= 0.6 is 0 Å². The van der Waals surface area contributed by atoms with E-state index in [0.717, 1.165) is 21.9 Å². The molecule has 0 fully saturated rings. The third kappa shape index (κ3) is 5.26. The first-order valence-corrected chi connectivity index (χ1v) is 10.4. The molecule has 0 aliphatic carbocycles. The van der Waals surface area contributed by atoms with Crippen LogP contribution in [0.25, 0.3) is 16.8 Å². The lowest BCUT2D eigenvalue weighted by Crippen LogP contribution is -2.39. The maximum absolute atomic E-state index is 12.9. The van der Waals surface area contributed by atoms with Gasteiger partial charge in [0.2, 0.25) is 11.8 Å². The van der Waals surface area contributed by atoms with Crippen molar-refractivity contribution in [2.24, 2.45) is 0 Å². The monoisotopic (exact) mass is 421 g/mol. The standard InChI is InChI=1S/C27H23N3O2/c31-25(14-13-22-11-6-10-21-7-4-5-12-24(21)22)30-26(23-8-2-1-3-9-23)27(32)29-19-20-15-17-28-18-16-20/h1-18,26H,19H2,(H,29,32)(H,30,31)/b14-13+. The minimum atomic E-state index is -0.803. The summed E-state index contributed by atoms with van der Waals surface area (Å²) < 4.78 is 0. The Kier molecular flexibility index (Phi) is 6.68. The largest absolute Gasteiger partial charge is 0.350 e. The van der Waals surface area contributed by atoms with Crippen molar-refractivity contribution < 1.29 is 9.59 Å². The van der Waals surface area contributed by atoms with E-state index in [0.29, 0.717) is 12.1 Å². The molecule has 2 amide bonds. The fraction of sp³-hybridized carbons (Fsp3) is 0.0741. The van der Waals surface area contributed by atoms with E-state index in [1.165, 1.54) is 6.08 Å². The van der Waals surface area contributed by atoms with Crippen LogP contribution in [0.15, 0.2) is 103 Å². The normalized spacial score (nSPS) is 11.9. The summed E-state index contributed by atoms with van der Waals surface area (Å²) >= 11 is 0. The maximum atomic E-state index is 12.9. The number of benzene rings is 3. The molecule has 1 unspecified atom stereocenters. The van der Waals surface area contributed by atoms with Crippen LogP contribution in [0.1, 0.15) is 22.7 Å². The molecule has 3 aromatic carbocycles. The maximum Gasteiger partial charge on any atom is 0.247 e. The third-order valence-electron chi connectivity index (χ3n) is 5.14. The van der Waals surface area contributed by atoms with E-state index in [1.54, 1.807) is 18.5 Å². The van der Waals surface area contributed by atoms with Crippen LogP contribution in [0.2, 0.25) is 0 Å². The van der Waals surface area contributed by atoms with Crippen LogP contribution in [-0.2, 0) is 16.1 Å². The van der Waals surface area contributed by atoms with Gasteiger partial charge in [-0.05, 0) is 45.7 Å². The van der Waals surface area contributed by atoms with Crippen LogP contribution in [0.4, 0.5) is 0 Å². The Balaban J connectivity index is 1.49. The van der Waals surface area contributed by atoms with Gasteiger partial charge in [0.15, 0.2) is 0 Å². The number of amides is 2. The Morgan fingerprint density at radius 3 is 2.38 bits per heavy atom. The highest BCUT2D eigenvalue weighted by molar-refractivity contribution is 5.98. The first-order valence-electron chi connectivity index (χ1n) is 10.4. The van der Waals surface area contributed by atoms with Crippen LogP contribution in [0, 0.1) is 0 Å². The summed E-state index contributed by atoms with van der Waals surface area (Å²) in [4.78, 5) is 29.6. The Labute approximate surface area is 186 Å². The van der Waals surface area contributed by atoms with Gasteiger partial charge in [-0.25, -0.2) is 0 Å². The molecule has 1 heterocycles. The van der Waals surface area contributed by atoms with Gasteiger partial charge in [-0.1, -0.05) is 72.8 Å². The Hall–Kier alpha value is -4.25. The minimum Gasteiger partial charge on any atom is -0.350 e. The zero-order valence-electron chi connectivity index (χ0n) is 17.4. The van der Waals surface area contributed by atoms with Crippen molar-refractivity contribution in [3.8, 4) is 0 Å². The average molecular weight is 422 g/mol. The molecule has 32 heavy (non-hydrogen) atoms. The van der Waals surface area contributed by atoms with Crippen LogP contribution in [0.3, 0.4) is 0 Å². The van der Waals surface area contributed by atoms with Gasteiger partial charge < -0.3 is 10.6 Å². The average Bonchev–Trinajstić information content (AvgIpc) is 2.85. The van der Waals surface area contributed by atoms with Crippen molar-refractivity contribution >= 4 is 28.7 Å². The number of hydrogen-bond acceptors (Lipinski definition) is 3. The van der Waals surface area contributed by atoms with E-state index >= 15 is 0 Å². The quantitative estimate of drug-likeness (QED) is 0.434. The molecule has 4 rings (SSSR count). The molecule has 0 saturated heterocycles. The van der Waals surface area contributed by atoms with Crippen molar-refractivity contribution in [2.75, 3.05) is 0 Å². The Morgan fingerprint density at radius 2 is 1.56 bits per heavy atom. The number of carbonyl (C=O) groups is 2. The molecular weight excluding hydrogens is 398 g/mol. The summed E-state index contributed by atoms with van der Waals surface area (Å²) in [7, 11) is 0. The van der Waals surface area contributed by atoms with Crippen LogP contribution < -0.4 is 10.6 Å². The highest BCUT2D eigenvalue weighted by Gasteiger charge is 2.21. The van der Waals surface area contributed by atoms with Crippen molar-refractivity contribution in [1.82, 2.24) is 15.6 Å². The topological polar surface area (TPSA) is 71.1 Å². The van der Waals surface area contributed by atoms with E-state index in [4.69, 9.17) is 0 Å². The number of hydrogen-bond donors (Lipinski definition) is 2. The van der Waals surface area contributed by atoms with E-state index in [-0.39, 0.29) is 11.8 Å². The van der Waals surface area contributed by atoms with Crippen molar-refractivity contribution in [2.45, 2.75) is 12.6 Å². The summed E-state index contributed by atoms with van der Waals surface area (Å²) in [5, 5.41) is 7.90. The Bertz CT molecular complexity index is 1230. The van der Waals surface area contributed by atoms with Crippen molar-refractivity contribution in [3.05, 3.63) is 120 Å². The molecule has 5 heteroatoms. The fourth-order valence-electron chi connectivity index (χ4n) is 3.49. The molecule has 2 N–H and O–H groups in total. The van der Waals surface area contributed by atoms with E-state index in [1.807, 2.05) is 84.9 Å². The molecular formula is C27H23N3O2. The molecule has 158 valence electrons. The molecule has 1 aromatic heterocycles. The summed E-state index contributed by atoms with van der Waals surface area (Å²) in [5.74, 6) is -0.620. The molecule has 0 saturated carbocycles.